The van der Waals surface area contributed by atoms with Gasteiger partial charge in [-0.1, -0.05) is 18.6 Å². The number of piperidine rings is 2. The molecule has 3 saturated heterocycles. The third kappa shape index (κ3) is 8.93. The van der Waals surface area contributed by atoms with Crippen LogP contribution in [0.2, 0.25) is 0 Å². The van der Waals surface area contributed by atoms with E-state index in [9.17, 15) is 28.0 Å². The van der Waals surface area contributed by atoms with E-state index in [1.807, 2.05) is 32.0 Å². The van der Waals surface area contributed by atoms with Gasteiger partial charge in [0.1, 0.15) is 29.3 Å². The number of amides is 3. The average molecular weight is 870 g/mol. The van der Waals surface area contributed by atoms with Gasteiger partial charge in [-0.25, -0.2) is 28.1 Å². The Labute approximate surface area is 364 Å². The van der Waals surface area contributed by atoms with E-state index in [4.69, 9.17) is 9.72 Å². The Hall–Kier alpha value is -5.36. The highest BCUT2D eigenvalue weighted by Gasteiger charge is 2.37. The number of hydrogen-bond acceptors (Lipinski definition) is 11. The van der Waals surface area contributed by atoms with Gasteiger partial charge in [-0.3, -0.25) is 33.8 Å². The normalized spacial score (nSPS) is 26.4. The largest absolute Gasteiger partial charge is 0.372 e. The van der Waals surface area contributed by atoms with Crippen molar-refractivity contribution in [2.75, 3.05) is 37.6 Å². The number of benzene rings is 1. The topological polar surface area (TPSA) is 173 Å². The lowest BCUT2D eigenvalue weighted by molar-refractivity contribution is -0.135. The van der Waals surface area contributed by atoms with E-state index in [0.29, 0.717) is 42.8 Å². The molecule has 16 nitrogen and oxygen atoms in total. The number of para-hydroxylation sites is 1. The molecule has 0 spiro atoms. The molecule has 5 aliphatic rings. The molecule has 7 heterocycles. The number of rotatable bonds is 11. The number of aryl methyl sites for hydroxylation is 2. The van der Waals surface area contributed by atoms with Gasteiger partial charge in [0, 0.05) is 45.2 Å². The van der Waals surface area contributed by atoms with Crippen LogP contribution in [0, 0.1) is 17.8 Å². The van der Waals surface area contributed by atoms with Gasteiger partial charge in [0.2, 0.25) is 11.8 Å². The Morgan fingerprint density at radius 1 is 0.968 bits per heavy atom. The zero-order valence-electron chi connectivity index (χ0n) is 36.2. The van der Waals surface area contributed by atoms with Crippen molar-refractivity contribution in [1.82, 2.24) is 39.3 Å². The summed E-state index contributed by atoms with van der Waals surface area (Å²) < 4.78 is 39.2. The molecule has 0 bridgehead atoms. The van der Waals surface area contributed by atoms with Crippen molar-refractivity contribution in [3.8, 4) is 0 Å². The van der Waals surface area contributed by atoms with Gasteiger partial charge in [0.05, 0.1) is 29.4 Å². The Kier molecular flexibility index (Phi) is 12.3. The number of anilines is 1. The standard InChI is InChI=1S/C45H57F2N11O5/c1-26-23-56(24-27(2)63-26)35-18-21-57-42(49-35)32(22-48-57)43(60)53-41-37(39(46)47)51-40(52-41)31-12-10-29(11-13-31)25-55-19-16-28(17-20-55)6-4-7-30-8-5-9-33-38(30)54(3)45(62)58(33)34-14-15-36(59)50-44(34)61/h5,8-9,18,21-22,26-29,31,34,39-40H,4,6-7,10-17,19-20,23-25H2,1-3H3,(H,50,59,61)(H,52,53,60)/t26-,27-,29?,31?,34?,40-/m0/s1. The zero-order valence-corrected chi connectivity index (χ0v) is 36.2. The Balaban J connectivity index is 0.743. The number of morpholine rings is 1. The predicted molar refractivity (Wildman–Crippen MR) is 233 cm³/mol. The minimum Gasteiger partial charge on any atom is -0.372 e. The summed E-state index contributed by atoms with van der Waals surface area (Å²) in [6, 6.07) is 7.04. The summed E-state index contributed by atoms with van der Waals surface area (Å²) in [6.07, 6.45) is 9.03. The van der Waals surface area contributed by atoms with Crippen LogP contribution in [0.1, 0.15) is 100 Å². The first-order chi connectivity index (χ1) is 30.4. The number of imide groups is 1. The number of imidazole rings is 1. The predicted octanol–water partition coefficient (Wildman–Crippen LogP) is 4.69. The molecule has 3 amide bonds. The molecule has 2 N–H and O–H groups in total. The Morgan fingerprint density at radius 2 is 1.73 bits per heavy atom. The molecule has 9 rings (SSSR count). The van der Waals surface area contributed by atoms with E-state index >= 15 is 0 Å². The number of amidine groups is 1. The van der Waals surface area contributed by atoms with Crippen LogP contribution in [0.4, 0.5) is 14.6 Å². The smallest absolute Gasteiger partial charge is 0.329 e. The van der Waals surface area contributed by atoms with Crippen LogP contribution in [0.3, 0.4) is 0 Å². The number of ether oxygens (including phenoxy) is 1. The number of halogens is 2. The summed E-state index contributed by atoms with van der Waals surface area (Å²) >= 11 is 0. The van der Waals surface area contributed by atoms with Crippen LogP contribution >= 0.6 is 0 Å². The summed E-state index contributed by atoms with van der Waals surface area (Å²) in [4.78, 5) is 69.6. The van der Waals surface area contributed by atoms with Crippen LogP contribution in [0.5, 0.6) is 0 Å². The first-order valence-electron chi connectivity index (χ1n) is 22.6. The summed E-state index contributed by atoms with van der Waals surface area (Å²) in [5.41, 5.74) is 2.44. The van der Waals surface area contributed by atoms with E-state index in [0.717, 1.165) is 94.0 Å². The molecule has 4 aliphatic heterocycles. The van der Waals surface area contributed by atoms with Gasteiger partial charge in [-0.2, -0.15) is 5.10 Å². The quantitative estimate of drug-likeness (QED) is 0.203. The van der Waals surface area contributed by atoms with E-state index in [1.165, 1.54) is 10.7 Å². The van der Waals surface area contributed by atoms with Crippen LogP contribution < -0.4 is 21.2 Å². The van der Waals surface area contributed by atoms with E-state index in [1.54, 1.807) is 22.4 Å². The van der Waals surface area contributed by atoms with E-state index < -0.39 is 36.2 Å². The molecule has 1 aliphatic carbocycles. The number of aromatic nitrogens is 5. The molecule has 0 radical (unpaired) electrons. The highest BCUT2D eigenvalue weighted by atomic mass is 19.3. The number of fused-ring (bicyclic) bond motifs is 2. The second-order valence-corrected chi connectivity index (χ2v) is 18.3. The third-order valence-electron chi connectivity index (χ3n) is 13.9. The molecule has 4 aromatic rings. The molecule has 18 heteroatoms. The fourth-order valence-corrected chi connectivity index (χ4v) is 10.7. The van der Waals surface area contributed by atoms with Crippen molar-refractivity contribution < 1.29 is 27.9 Å². The summed E-state index contributed by atoms with van der Waals surface area (Å²) in [7, 11) is 1.75. The maximum Gasteiger partial charge on any atom is 0.329 e. The van der Waals surface area contributed by atoms with Crippen LogP contribution in [-0.2, 0) is 27.8 Å². The summed E-state index contributed by atoms with van der Waals surface area (Å²) in [6.45, 7) is 8.44. The van der Waals surface area contributed by atoms with E-state index in [2.05, 4.69) is 41.6 Å². The third-order valence-corrected chi connectivity index (χ3v) is 13.9. The van der Waals surface area contributed by atoms with Gasteiger partial charge in [0.25, 0.3) is 12.3 Å². The van der Waals surface area contributed by atoms with Gasteiger partial charge in [-0.15, -0.1) is 0 Å². The van der Waals surface area contributed by atoms with Crippen molar-refractivity contribution >= 4 is 51.8 Å². The van der Waals surface area contributed by atoms with Crippen molar-refractivity contribution in [2.24, 2.45) is 34.8 Å². The molecule has 1 saturated carbocycles. The maximum absolute atomic E-state index is 14.3. The van der Waals surface area contributed by atoms with Gasteiger partial charge < -0.3 is 19.9 Å². The highest BCUT2D eigenvalue weighted by molar-refractivity contribution is 6.46. The number of alkyl halides is 2. The number of hydrogen-bond donors (Lipinski definition) is 2. The molecular weight excluding hydrogens is 813 g/mol. The van der Waals surface area contributed by atoms with Crippen molar-refractivity contribution in [2.45, 2.75) is 115 Å². The molecular formula is C45H57F2N11O5. The molecule has 4 atom stereocenters. The number of carbonyl (C=O) groups excluding carboxylic acids is 3. The minimum atomic E-state index is -2.88. The molecule has 336 valence electrons. The lowest BCUT2D eigenvalue weighted by atomic mass is 9.80. The first kappa shape index (κ1) is 42.9. The lowest BCUT2D eigenvalue weighted by Gasteiger charge is -2.37. The monoisotopic (exact) mass is 869 g/mol. The average Bonchev–Trinajstić information content (AvgIpc) is 3.96. The molecule has 1 unspecified atom stereocenters. The molecule has 4 fully saturated rings. The second kappa shape index (κ2) is 18.0. The lowest BCUT2D eigenvalue weighted by Crippen LogP contribution is -2.45. The highest BCUT2D eigenvalue weighted by Crippen LogP contribution is 2.36. The first-order valence-corrected chi connectivity index (χ1v) is 22.6. The summed E-state index contributed by atoms with van der Waals surface area (Å²) in [5, 5.41) is 9.29. The fraction of sp³-hybridized carbons (Fsp3) is 0.600. The molecule has 1 aromatic carbocycles. The fourth-order valence-electron chi connectivity index (χ4n) is 10.7. The summed E-state index contributed by atoms with van der Waals surface area (Å²) in [5.74, 6) is 0.355. The van der Waals surface area contributed by atoms with Crippen molar-refractivity contribution in [3.63, 3.8) is 0 Å². The van der Waals surface area contributed by atoms with Crippen LogP contribution in [0.15, 0.2) is 51.4 Å². The number of nitrogens with one attached hydrogen (secondary N) is 2. The van der Waals surface area contributed by atoms with Gasteiger partial charge >= 0.3 is 5.69 Å². The van der Waals surface area contributed by atoms with E-state index in [-0.39, 0.29) is 47.5 Å². The Bertz CT molecular complexity index is 2490. The van der Waals surface area contributed by atoms with Crippen LogP contribution in [0.25, 0.3) is 16.7 Å². The van der Waals surface area contributed by atoms with Crippen molar-refractivity contribution in [3.05, 3.63) is 58.3 Å². The number of nitrogens with zero attached hydrogens (tertiary/aromatic N) is 9. The van der Waals surface area contributed by atoms with Crippen LogP contribution in [-0.4, -0.2) is 115 Å². The molecule has 3 aromatic heterocycles. The zero-order chi connectivity index (χ0) is 43.9. The Morgan fingerprint density at radius 3 is 2.46 bits per heavy atom. The SMILES string of the molecule is C[C@H]1CN(c2ccn3ncc(C(=O)NC4=N[C@@H](C5CCC(CN6CCC(CCCc7cccc8c7n(C)c(=O)n8C7CCC(=O)NC7=O)CC6)CC5)N=C4C(F)F)c3n2)C[C@H](C)O1. The number of carbonyl (C=O) groups is 3. The number of aliphatic imine (C=N–C) groups is 2. The second-order valence-electron chi connectivity index (χ2n) is 18.3. The van der Waals surface area contributed by atoms with Crippen molar-refractivity contribution in [1.29, 1.82) is 0 Å². The maximum atomic E-state index is 14.3. The number of likely N-dealkylation sites (tertiary alicyclic amines) is 1. The van der Waals surface area contributed by atoms with Gasteiger partial charge in [0.15, 0.2) is 11.5 Å². The molecule has 63 heavy (non-hydrogen) atoms. The van der Waals surface area contributed by atoms with Gasteiger partial charge in [-0.05, 0) is 114 Å². The minimum absolute atomic E-state index is 0.0226.